The van der Waals surface area contributed by atoms with Gasteiger partial charge in [0.05, 0.1) is 36.6 Å². The van der Waals surface area contributed by atoms with Crippen molar-refractivity contribution in [3.8, 4) is 11.5 Å². The van der Waals surface area contributed by atoms with Gasteiger partial charge in [-0.1, -0.05) is 17.7 Å². The summed E-state index contributed by atoms with van der Waals surface area (Å²) in [6.07, 6.45) is -6.21. The Morgan fingerprint density at radius 2 is 1.85 bits per heavy atom. The summed E-state index contributed by atoms with van der Waals surface area (Å²) < 4.78 is 38.8. The Labute approximate surface area is 192 Å². The van der Waals surface area contributed by atoms with Crippen molar-refractivity contribution < 1.29 is 38.7 Å². The zero-order chi connectivity index (χ0) is 24.1. The van der Waals surface area contributed by atoms with E-state index in [4.69, 9.17) is 26.2 Å². The maximum absolute atomic E-state index is 14.3. The molecule has 0 radical (unpaired) electrons. The molecule has 0 saturated heterocycles. The van der Waals surface area contributed by atoms with Crippen LogP contribution in [0.3, 0.4) is 0 Å². The lowest BCUT2D eigenvalue weighted by Gasteiger charge is -2.28. The summed E-state index contributed by atoms with van der Waals surface area (Å²) in [7, 11) is 1.34. The molecule has 0 fully saturated rings. The summed E-state index contributed by atoms with van der Waals surface area (Å²) in [4.78, 5) is 8.27. The fourth-order valence-electron chi connectivity index (χ4n) is 3.06. The van der Waals surface area contributed by atoms with Crippen molar-refractivity contribution in [3.05, 3.63) is 47.5 Å². The number of aliphatic hydroxyl groups is 4. The molecule has 1 aromatic heterocycles. The minimum Gasteiger partial charge on any atom is -0.493 e. The summed E-state index contributed by atoms with van der Waals surface area (Å²) in [6.45, 7) is -1.79. The highest BCUT2D eigenvalue weighted by molar-refractivity contribution is 6.31. The van der Waals surface area contributed by atoms with Gasteiger partial charge in [0.15, 0.2) is 29.6 Å². The van der Waals surface area contributed by atoms with Crippen LogP contribution < -0.4 is 14.8 Å². The van der Waals surface area contributed by atoms with Gasteiger partial charge in [0.1, 0.15) is 24.4 Å². The number of alkyl halides is 1. The van der Waals surface area contributed by atoms with E-state index >= 15 is 0 Å². The summed E-state index contributed by atoms with van der Waals surface area (Å²) in [5.41, 5.74) is 0.417. The van der Waals surface area contributed by atoms with Gasteiger partial charge in [-0.25, -0.2) is 18.7 Å². The first-order valence-corrected chi connectivity index (χ1v) is 10.1. The van der Waals surface area contributed by atoms with Gasteiger partial charge in [0.2, 0.25) is 0 Å². The maximum atomic E-state index is 14.3. The van der Waals surface area contributed by atoms with Crippen molar-refractivity contribution in [2.45, 2.75) is 24.5 Å². The summed E-state index contributed by atoms with van der Waals surface area (Å²) >= 11 is 5.83. The van der Waals surface area contributed by atoms with Gasteiger partial charge >= 0.3 is 0 Å². The van der Waals surface area contributed by atoms with E-state index in [-0.39, 0.29) is 28.0 Å². The topological polar surface area (TPSA) is 137 Å². The lowest BCUT2D eigenvalue weighted by atomic mass is 10.0. The molecular formula is C21H22ClF2N3O6. The first-order valence-electron chi connectivity index (χ1n) is 9.73. The van der Waals surface area contributed by atoms with E-state index in [0.717, 1.165) is 0 Å². The van der Waals surface area contributed by atoms with Gasteiger partial charge in [-0.2, -0.15) is 0 Å². The first kappa shape index (κ1) is 24.8. The number of hydrogen-bond acceptors (Lipinski definition) is 9. The smallest absolute Gasteiger partial charge is 0.165 e. The lowest BCUT2D eigenvalue weighted by molar-refractivity contribution is -0.0981. The standard InChI is InChI=1S/C21H22ClF2N3O6/c1-32-15-5-10-14(6-16(15)33-17(8-29)20(31)19(30)12(23)7-28)25-9-26-21(10)27-13-4-2-3-11(22)18(13)24/h2-6,9,12,17,19-20,28-31H,7-8H2,1H3,(H,25,26,27)/t12-,17-,19+,20+/m0/s1. The number of methoxy groups -OCH3 is 1. The van der Waals surface area contributed by atoms with E-state index in [9.17, 15) is 24.1 Å². The minimum atomic E-state index is -2.13. The summed E-state index contributed by atoms with van der Waals surface area (Å²) in [5.74, 6) is -0.270. The second-order valence-electron chi connectivity index (χ2n) is 6.99. The van der Waals surface area contributed by atoms with E-state index in [1.807, 2.05) is 0 Å². The van der Waals surface area contributed by atoms with E-state index in [2.05, 4.69) is 15.3 Å². The third-order valence-corrected chi connectivity index (χ3v) is 5.15. The molecule has 0 amide bonds. The molecule has 12 heteroatoms. The molecule has 33 heavy (non-hydrogen) atoms. The molecule has 0 saturated carbocycles. The summed E-state index contributed by atoms with van der Waals surface area (Å²) in [5, 5.41) is 41.6. The first-order chi connectivity index (χ1) is 15.8. The summed E-state index contributed by atoms with van der Waals surface area (Å²) in [6, 6.07) is 7.35. The number of aliphatic hydroxyl groups excluding tert-OH is 4. The number of halogens is 3. The number of aromatic nitrogens is 2. The largest absolute Gasteiger partial charge is 0.493 e. The van der Waals surface area contributed by atoms with Crippen molar-refractivity contribution in [3.63, 3.8) is 0 Å². The number of nitrogens with zero attached hydrogens (tertiary/aromatic N) is 2. The maximum Gasteiger partial charge on any atom is 0.165 e. The van der Waals surface area contributed by atoms with Crippen LogP contribution in [0.2, 0.25) is 5.02 Å². The van der Waals surface area contributed by atoms with E-state index < -0.39 is 43.5 Å². The quantitative estimate of drug-likeness (QED) is 0.292. The molecule has 1 heterocycles. The van der Waals surface area contributed by atoms with E-state index in [1.54, 1.807) is 6.07 Å². The monoisotopic (exact) mass is 485 g/mol. The van der Waals surface area contributed by atoms with Gasteiger partial charge in [-0.15, -0.1) is 0 Å². The zero-order valence-electron chi connectivity index (χ0n) is 17.3. The Balaban J connectivity index is 1.95. The van der Waals surface area contributed by atoms with Gasteiger partial charge < -0.3 is 35.2 Å². The second-order valence-corrected chi connectivity index (χ2v) is 7.39. The normalized spacial score (nSPS) is 15.0. The Kier molecular flexibility index (Phi) is 8.16. The highest BCUT2D eigenvalue weighted by atomic mass is 35.5. The second kappa shape index (κ2) is 10.9. The average Bonchev–Trinajstić information content (AvgIpc) is 2.83. The number of benzene rings is 2. The molecule has 5 N–H and O–H groups in total. The molecule has 3 rings (SSSR count). The fourth-order valence-corrected chi connectivity index (χ4v) is 3.24. The third-order valence-electron chi connectivity index (χ3n) is 4.86. The van der Waals surface area contributed by atoms with Crippen LogP contribution in [0, 0.1) is 5.82 Å². The molecule has 0 bridgehead atoms. The molecule has 178 valence electrons. The van der Waals surface area contributed by atoms with E-state index in [1.165, 1.54) is 37.7 Å². The van der Waals surface area contributed by atoms with Crippen molar-refractivity contribution in [1.82, 2.24) is 9.97 Å². The molecule has 0 aliphatic rings. The lowest BCUT2D eigenvalue weighted by Crippen LogP contribution is -2.48. The number of anilines is 2. The molecule has 4 atom stereocenters. The predicted molar refractivity (Wildman–Crippen MR) is 116 cm³/mol. The van der Waals surface area contributed by atoms with Crippen molar-refractivity contribution >= 4 is 34.0 Å². The van der Waals surface area contributed by atoms with Crippen LogP contribution in [0.25, 0.3) is 10.9 Å². The highest BCUT2D eigenvalue weighted by Gasteiger charge is 2.34. The SMILES string of the molecule is COc1cc2c(Nc3cccc(Cl)c3F)ncnc2cc1O[C@@H](CO)[C@@H](O)[C@H](O)[C@@H](F)CO. The van der Waals surface area contributed by atoms with Gasteiger partial charge in [0.25, 0.3) is 0 Å². The van der Waals surface area contributed by atoms with Crippen LogP contribution in [-0.4, -0.2) is 75.2 Å². The molecule has 0 aliphatic carbocycles. The van der Waals surface area contributed by atoms with Gasteiger partial charge in [-0.3, -0.25) is 0 Å². The minimum absolute atomic E-state index is 0.0216. The van der Waals surface area contributed by atoms with Gasteiger partial charge in [0, 0.05) is 11.5 Å². The van der Waals surface area contributed by atoms with Crippen LogP contribution >= 0.6 is 11.6 Å². The van der Waals surface area contributed by atoms with Crippen LogP contribution in [0.5, 0.6) is 11.5 Å². The predicted octanol–water partition coefficient (Wildman–Crippen LogP) is 1.97. The number of nitrogens with one attached hydrogen (secondary N) is 1. The molecule has 9 nitrogen and oxygen atoms in total. The third kappa shape index (κ3) is 5.40. The Bertz CT molecular complexity index is 1110. The molecule has 0 unspecified atom stereocenters. The average molecular weight is 486 g/mol. The number of fused-ring (bicyclic) bond motifs is 1. The Morgan fingerprint density at radius 1 is 1.09 bits per heavy atom. The Morgan fingerprint density at radius 3 is 2.52 bits per heavy atom. The van der Waals surface area contributed by atoms with Gasteiger partial charge in [-0.05, 0) is 18.2 Å². The van der Waals surface area contributed by atoms with Crippen LogP contribution in [0.15, 0.2) is 36.7 Å². The molecule has 3 aromatic rings. The number of rotatable bonds is 10. The zero-order valence-corrected chi connectivity index (χ0v) is 18.1. The number of ether oxygens (including phenoxy) is 2. The fraction of sp³-hybridized carbons (Fsp3) is 0.333. The van der Waals surface area contributed by atoms with Crippen LogP contribution in [0.4, 0.5) is 20.3 Å². The molecular weight excluding hydrogens is 464 g/mol. The Hall–Kier alpha value is -2.83. The van der Waals surface area contributed by atoms with Crippen LogP contribution in [0.1, 0.15) is 0 Å². The molecule has 0 aliphatic heterocycles. The van der Waals surface area contributed by atoms with Crippen molar-refractivity contribution in [2.24, 2.45) is 0 Å². The van der Waals surface area contributed by atoms with E-state index in [0.29, 0.717) is 10.9 Å². The molecule has 0 spiro atoms. The van der Waals surface area contributed by atoms with Crippen LogP contribution in [-0.2, 0) is 0 Å². The number of hydrogen-bond donors (Lipinski definition) is 5. The highest BCUT2D eigenvalue weighted by Crippen LogP contribution is 2.36. The molecule has 2 aromatic carbocycles. The van der Waals surface area contributed by atoms with Crippen molar-refractivity contribution in [1.29, 1.82) is 0 Å². The van der Waals surface area contributed by atoms with Crippen molar-refractivity contribution in [2.75, 3.05) is 25.6 Å².